The van der Waals surface area contributed by atoms with Crippen molar-refractivity contribution in [2.75, 3.05) is 39.3 Å². The molecular formula is C29H42N6O3. The molecule has 0 bridgehead atoms. The molecule has 0 spiro atoms. The van der Waals surface area contributed by atoms with Crippen LogP contribution in [0.3, 0.4) is 0 Å². The zero-order valence-corrected chi connectivity index (χ0v) is 22.9. The molecule has 1 fully saturated rings. The Hall–Kier alpha value is -3.20. The van der Waals surface area contributed by atoms with Gasteiger partial charge in [0.25, 0.3) is 11.8 Å². The highest BCUT2D eigenvalue weighted by atomic mass is 16.2. The van der Waals surface area contributed by atoms with Gasteiger partial charge < -0.3 is 20.0 Å². The molecule has 38 heavy (non-hydrogen) atoms. The average molecular weight is 523 g/mol. The first-order chi connectivity index (χ1) is 18.5. The van der Waals surface area contributed by atoms with Crippen LogP contribution < -0.4 is 5.32 Å². The molecule has 1 atom stereocenters. The van der Waals surface area contributed by atoms with Gasteiger partial charge in [0.15, 0.2) is 5.69 Å². The molecular weight excluding hydrogens is 480 g/mol. The molecule has 2 aromatic rings. The molecule has 1 saturated heterocycles. The highest BCUT2D eigenvalue weighted by Crippen LogP contribution is 2.19. The molecule has 9 nitrogen and oxygen atoms in total. The fourth-order valence-corrected chi connectivity index (χ4v) is 5.23. The summed E-state index contributed by atoms with van der Waals surface area (Å²) in [7, 11) is 0. The van der Waals surface area contributed by atoms with Gasteiger partial charge in [0, 0.05) is 57.8 Å². The summed E-state index contributed by atoms with van der Waals surface area (Å²) in [6.07, 6.45) is 5.53. The van der Waals surface area contributed by atoms with Crippen molar-refractivity contribution in [3.8, 4) is 0 Å². The third-order valence-electron chi connectivity index (χ3n) is 7.68. The largest absolute Gasteiger partial charge is 0.355 e. The molecule has 1 aromatic carbocycles. The highest BCUT2D eigenvalue weighted by Gasteiger charge is 2.29. The minimum Gasteiger partial charge on any atom is -0.355 e. The molecule has 2 aliphatic heterocycles. The summed E-state index contributed by atoms with van der Waals surface area (Å²) in [5.74, 6) is -0.389. The molecule has 206 valence electrons. The van der Waals surface area contributed by atoms with Gasteiger partial charge in [-0.15, -0.1) is 0 Å². The molecule has 1 aromatic heterocycles. The zero-order chi connectivity index (χ0) is 26.9. The van der Waals surface area contributed by atoms with Crippen molar-refractivity contribution >= 4 is 17.7 Å². The minimum atomic E-state index is -0.233. The Morgan fingerprint density at radius 2 is 1.82 bits per heavy atom. The number of nitrogens with one attached hydrogen (secondary N) is 1. The average Bonchev–Trinajstić information content (AvgIpc) is 3.31. The van der Waals surface area contributed by atoms with E-state index >= 15 is 0 Å². The lowest BCUT2D eigenvalue weighted by atomic mass is 10.1. The fraction of sp³-hybridized carbons (Fsp3) is 0.586. The van der Waals surface area contributed by atoms with Gasteiger partial charge in [0.1, 0.15) is 5.69 Å². The monoisotopic (exact) mass is 522 g/mol. The van der Waals surface area contributed by atoms with Crippen LogP contribution in [0.25, 0.3) is 0 Å². The Bertz CT molecular complexity index is 1080. The van der Waals surface area contributed by atoms with Crippen molar-refractivity contribution in [3.63, 3.8) is 0 Å². The number of hydrogen-bond acceptors (Lipinski definition) is 5. The maximum Gasteiger partial charge on any atom is 0.274 e. The SMILES string of the molecule is CCC(C)N(CCC(=O)NCCN1CCCCC1)C(=O)c1cc2n(n1)CCCN(Cc1ccccc1)C2=O. The number of carbonyl (C=O) groups excluding carboxylic acids is 3. The molecule has 9 heteroatoms. The summed E-state index contributed by atoms with van der Waals surface area (Å²) in [5, 5.41) is 7.55. The fourth-order valence-electron chi connectivity index (χ4n) is 5.23. The smallest absolute Gasteiger partial charge is 0.274 e. The van der Waals surface area contributed by atoms with E-state index in [1.165, 1.54) is 19.3 Å². The van der Waals surface area contributed by atoms with Crippen molar-refractivity contribution in [1.82, 2.24) is 29.8 Å². The van der Waals surface area contributed by atoms with E-state index in [4.69, 9.17) is 0 Å². The topological polar surface area (TPSA) is 90.8 Å². The first-order valence-electron chi connectivity index (χ1n) is 14.2. The number of fused-ring (bicyclic) bond motifs is 1. The van der Waals surface area contributed by atoms with Crippen LogP contribution >= 0.6 is 0 Å². The van der Waals surface area contributed by atoms with Crippen LogP contribution in [0.4, 0.5) is 0 Å². The second-order valence-corrected chi connectivity index (χ2v) is 10.5. The van der Waals surface area contributed by atoms with Gasteiger partial charge in [0.2, 0.25) is 5.91 Å². The molecule has 3 amide bonds. The lowest BCUT2D eigenvalue weighted by molar-refractivity contribution is -0.121. The second-order valence-electron chi connectivity index (χ2n) is 10.5. The molecule has 1 unspecified atom stereocenters. The van der Waals surface area contributed by atoms with Crippen molar-refractivity contribution in [3.05, 3.63) is 53.3 Å². The maximum absolute atomic E-state index is 13.5. The summed E-state index contributed by atoms with van der Waals surface area (Å²) in [6, 6.07) is 11.5. The van der Waals surface area contributed by atoms with E-state index in [0.29, 0.717) is 38.4 Å². The summed E-state index contributed by atoms with van der Waals surface area (Å²) in [6.45, 7) is 9.80. The van der Waals surface area contributed by atoms with Gasteiger partial charge in [0.05, 0.1) is 0 Å². The molecule has 2 aliphatic rings. The van der Waals surface area contributed by atoms with Crippen LogP contribution in [0.1, 0.15) is 78.9 Å². The van der Waals surface area contributed by atoms with Gasteiger partial charge in [-0.25, -0.2) is 0 Å². The first-order valence-corrected chi connectivity index (χ1v) is 14.2. The lowest BCUT2D eigenvalue weighted by Crippen LogP contribution is -2.42. The molecule has 0 radical (unpaired) electrons. The first kappa shape index (κ1) is 27.8. The van der Waals surface area contributed by atoms with Crippen LogP contribution in [0, 0.1) is 0 Å². The molecule has 4 rings (SSSR count). The number of carbonyl (C=O) groups is 3. The van der Waals surface area contributed by atoms with Crippen molar-refractivity contribution in [2.45, 2.75) is 71.5 Å². The van der Waals surface area contributed by atoms with Crippen molar-refractivity contribution in [2.24, 2.45) is 0 Å². The van der Waals surface area contributed by atoms with Gasteiger partial charge >= 0.3 is 0 Å². The maximum atomic E-state index is 13.5. The number of hydrogen-bond donors (Lipinski definition) is 1. The van der Waals surface area contributed by atoms with Crippen LogP contribution in [0.5, 0.6) is 0 Å². The number of aryl methyl sites for hydroxylation is 1. The lowest BCUT2D eigenvalue weighted by Gasteiger charge is -2.28. The van der Waals surface area contributed by atoms with Gasteiger partial charge in [-0.3, -0.25) is 19.1 Å². The third kappa shape index (κ3) is 7.22. The standard InChI is InChI=1S/C29H42N6O3/c1-3-23(2)34(19-13-27(36)30-14-20-32-15-8-5-9-16-32)28(37)25-21-26-29(38)33(17-10-18-35(26)31-25)22-24-11-6-4-7-12-24/h4,6-7,11-12,21,23H,3,5,8-10,13-20,22H2,1-2H3,(H,30,36). The Morgan fingerprint density at radius 3 is 2.55 bits per heavy atom. The van der Waals surface area contributed by atoms with E-state index in [0.717, 1.165) is 38.0 Å². The van der Waals surface area contributed by atoms with Crippen molar-refractivity contribution < 1.29 is 14.4 Å². The third-order valence-corrected chi connectivity index (χ3v) is 7.68. The Labute approximate surface area is 226 Å². The van der Waals surface area contributed by atoms with E-state index in [1.54, 1.807) is 15.6 Å². The normalized spacial score (nSPS) is 17.0. The number of rotatable bonds is 11. The van der Waals surface area contributed by atoms with Gasteiger partial charge in [-0.2, -0.15) is 5.10 Å². The van der Waals surface area contributed by atoms with E-state index in [1.807, 2.05) is 49.1 Å². The number of amides is 3. The Morgan fingerprint density at radius 1 is 1.05 bits per heavy atom. The molecule has 3 heterocycles. The van der Waals surface area contributed by atoms with E-state index in [9.17, 15) is 14.4 Å². The van der Waals surface area contributed by atoms with E-state index in [2.05, 4.69) is 15.3 Å². The zero-order valence-electron chi connectivity index (χ0n) is 22.9. The van der Waals surface area contributed by atoms with Gasteiger partial charge in [-0.1, -0.05) is 43.7 Å². The summed E-state index contributed by atoms with van der Waals surface area (Å²) in [4.78, 5) is 45.4. The molecule has 1 N–H and O–H groups in total. The Balaban J connectivity index is 1.37. The van der Waals surface area contributed by atoms with Gasteiger partial charge in [-0.05, 0) is 51.3 Å². The Kier molecular flexibility index (Phi) is 9.92. The quantitative estimate of drug-likeness (QED) is 0.490. The predicted molar refractivity (Wildman–Crippen MR) is 147 cm³/mol. The molecule has 0 aliphatic carbocycles. The predicted octanol–water partition coefficient (Wildman–Crippen LogP) is 3.16. The number of piperidine rings is 1. The van der Waals surface area contributed by atoms with Crippen LogP contribution in [0.15, 0.2) is 36.4 Å². The van der Waals surface area contributed by atoms with E-state index in [-0.39, 0.29) is 35.9 Å². The summed E-state index contributed by atoms with van der Waals surface area (Å²) in [5.41, 5.74) is 1.78. The number of nitrogens with zero attached hydrogens (tertiary/aromatic N) is 5. The van der Waals surface area contributed by atoms with Crippen molar-refractivity contribution in [1.29, 1.82) is 0 Å². The summed E-state index contributed by atoms with van der Waals surface area (Å²) >= 11 is 0. The molecule has 0 saturated carbocycles. The van der Waals surface area contributed by atoms with Crippen LogP contribution in [-0.4, -0.2) is 87.5 Å². The number of benzene rings is 1. The summed E-state index contributed by atoms with van der Waals surface area (Å²) < 4.78 is 1.67. The van der Waals surface area contributed by atoms with Crippen LogP contribution in [-0.2, 0) is 17.9 Å². The van der Waals surface area contributed by atoms with Crippen LogP contribution in [0.2, 0.25) is 0 Å². The number of aromatic nitrogens is 2. The van der Waals surface area contributed by atoms with E-state index < -0.39 is 0 Å². The second kappa shape index (κ2) is 13.6. The highest BCUT2D eigenvalue weighted by molar-refractivity contribution is 5.98. The number of likely N-dealkylation sites (tertiary alicyclic amines) is 1. The minimum absolute atomic E-state index is 0.0459.